The molecule has 0 bridgehead atoms. The molecular weight excluding hydrogens is 245 g/mol. The third kappa shape index (κ3) is 5.66. The molecule has 0 aliphatic heterocycles. The lowest BCUT2D eigenvalue weighted by atomic mass is 10.1. The van der Waals surface area contributed by atoms with Crippen molar-refractivity contribution < 1.29 is 14.3 Å². The summed E-state index contributed by atoms with van der Waals surface area (Å²) in [6.45, 7) is 3.63. The van der Waals surface area contributed by atoms with Crippen molar-refractivity contribution in [2.45, 2.75) is 26.3 Å². The molecule has 0 amide bonds. The smallest absolute Gasteiger partial charge is 0.328 e. The van der Waals surface area contributed by atoms with Crippen LogP contribution in [0.15, 0.2) is 24.3 Å². The van der Waals surface area contributed by atoms with E-state index >= 15 is 0 Å². The molecule has 1 N–H and O–H groups in total. The minimum absolute atomic E-state index is 0.295. The second kappa shape index (κ2) is 7.69. The third-order valence-electron chi connectivity index (χ3n) is 2.83. The third-order valence-corrected chi connectivity index (χ3v) is 2.83. The van der Waals surface area contributed by atoms with Gasteiger partial charge in [0, 0.05) is 18.2 Å². The lowest BCUT2D eigenvalue weighted by molar-refractivity contribution is -0.131. The molecule has 19 heavy (non-hydrogen) atoms. The Morgan fingerprint density at radius 2 is 2.21 bits per heavy atom. The average molecular weight is 265 g/mol. The summed E-state index contributed by atoms with van der Waals surface area (Å²) in [6.07, 6.45) is 4.60. The van der Waals surface area contributed by atoms with Crippen LogP contribution >= 0.6 is 0 Å². The highest BCUT2D eigenvalue weighted by Gasteiger charge is 2.06. The minimum Gasteiger partial charge on any atom is -0.478 e. The van der Waals surface area contributed by atoms with Gasteiger partial charge >= 0.3 is 5.97 Å². The SMILES string of the molecule is CCCCN(C)Cc1ccc(/C=C/C(=O)O)cc1F. The van der Waals surface area contributed by atoms with E-state index in [0.29, 0.717) is 17.7 Å². The quantitative estimate of drug-likeness (QED) is 0.770. The normalized spacial score (nSPS) is 11.4. The fourth-order valence-electron chi connectivity index (χ4n) is 1.76. The molecule has 0 radical (unpaired) electrons. The number of carboxylic acids is 1. The van der Waals surface area contributed by atoms with Crippen molar-refractivity contribution in [1.82, 2.24) is 4.90 Å². The van der Waals surface area contributed by atoms with Gasteiger partial charge in [0.1, 0.15) is 5.82 Å². The maximum atomic E-state index is 13.8. The first kappa shape index (κ1) is 15.4. The van der Waals surface area contributed by atoms with Gasteiger partial charge < -0.3 is 10.0 Å². The standard InChI is InChI=1S/C15H20FNO2/c1-3-4-9-17(2)11-13-7-5-12(10-14(13)16)6-8-15(18)19/h5-8,10H,3-4,9,11H2,1-2H3,(H,18,19)/b8-6+. The van der Waals surface area contributed by atoms with Crippen LogP contribution in [-0.2, 0) is 11.3 Å². The molecule has 0 aliphatic carbocycles. The fourth-order valence-corrected chi connectivity index (χ4v) is 1.76. The average Bonchev–Trinajstić information content (AvgIpc) is 2.36. The van der Waals surface area contributed by atoms with Gasteiger partial charge in [-0.2, -0.15) is 0 Å². The Kier molecular flexibility index (Phi) is 6.22. The molecular formula is C15H20FNO2. The zero-order valence-electron chi connectivity index (χ0n) is 11.4. The van der Waals surface area contributed by atoms with E-state index in [1.54, 1.807) is 12.1 Å². The van der Waals surface area contributed by atoms with Crippen LogP contribution in [0.4, 0.5) is 4.39 Å². The molecule has 0 aromatic heterocycles. The maximum Gasteiger partial charge on any atom is 0.328 e. The number of unbranched alkanes of at least 4 members (excludes halogenated alkanes) is 1. The van der Waals surface area contributed by atoms with Crippen molar-refractivity contribution in [1.29, 1.82) is 0 Å². The molecule has 3 nitrogen and oxygen atoms in total. The van der Waals surface area contributed by atoms with Crippen molar-refractivity contribution in [3.63, 3.8) is 0 Å². The number of rotatable bonds is 7. The summed E-state index contributed by atoms with van der Waals surface area (Å²) in [5, 5.41) is 8.51. The van der Waals surface area contributed by atoms with E-state index in [2.05, 4.69) is 11.8 Å². The van der Waals surface area contributed by atoms with Gasteiger partial charge in [-0.15, -0.1) is 0 Å². The van der Waals surface area contributed by atoms with Crippen LogP contribution in [0.5, 0.6) is 0 Å². The van der Waals surface area contributed by atoms with Gasteiger partial charge in [0.05, 0.1) is 0 Å². The highest BCUT2D eigenvalue weighted by Crippen LogP contribution is 2.14. The van der Waals surface area contributed by atoms with E-state index in [4.69, 9.17) is 5.11 Å². The first-order valence-corrected chi connectivity index (χ1v) is 6.41. The van der Waals surface area contributed by atoms with E-state index < -0.39 is 5.97 Å². The number of aliphatic carboxylic acids is 1. The molecule has 0 saturated carbocycles. The first-order chi connectivity index (χ1) is 9.02. The molecule has 0 aliphatic rings. The Morgan fingerprint density at radius 3 is 2.79 bits per heavy atom. The second-order valence-corrected chi connectivity index (χ2v) is 4.61. The second-order valence-electron chi connectivity index (χ2n) is 4.61. The Morgan fingerprint density at radius 1 is 1.47 bits per heavy atom. The summed E-state index contributed by atoms with van der Waals surface area (Å²) in [5.74, 6) is -1.33. The van der Waals surface area contributed by atoms with E-state index in [-0.39, 0.29) is 5.82 Å². The Labute approximate surface area is 113 Å². The molecule has 0 unspecified atom stereocenters. The highest BCUT2D eigenvalue weighted by molar-refractivity contribution is 5.85. The van der Waals surface area contributed by atoms with Crippen molar-refractivity contribution in [2.24, 2.45) is 0 Å². The Balaban J connectivity index is 2.69. The molecule has 104 valence electrons. The summed E-state index contributed by atoms with van der Waals surface area (Å²) in [5.41, 5.74) is 1.19. The molecule has 1 rings (SSSR count). The van der Waals surface area contributed by atoms with Crippen molar-refractivity contribution >= 4 is 12.0 Å². The van der Waals surface area contributed by atoms with Crippen LogP contribution in [0.25, 0.3) is 6.08 Å². The predicted molar refractivity (Wildman–Crippen MR) is 74.3 cm³/mol. The van der Waals surface area contributed by atoms with Gasteiger partial charge in [-0.05, 0) is 37.7 Å². The molecule has 0 heterocycles. The molecule has 0 fully saturated rings. The molecule has 1 aromatic rings. The zero-order chi connectivity index (χ0) is 14.3. The van der Waals surface area contributed by atoms with Crippen LogP contribution in [0.1, 0.15) is 30.9 Å². The molecule has 0 saturated heterocycles. The summed E-state index contributed by atoms with van der Waals surface area (Å²) in [7, 11) is 1.97. The van der Waals surface area contributed by atoms with Crippen LogP contribution in [0.2, 0.25) is 0 Å². The van der Waals surface area contributed by atoms with Gasteiger partial charge in [0.2, 0.25) is 0 Å². The van der Waals surface area contributed by atoms with Crippen LogP contribution < -0.4 is 0 Å². The molecule has 1 aromatic carbocycles. The predicted octanol–water partition coefficient (Wildman–Crippen LogP) is 3.16. The lowest BCUT2D eigenvalue weighted by Crippen LogP contribution is -2.19. The van der Waals surface area contributed by atoms with Crippen molar-refractivity contribution in [3.05, 3.63) is 41.2 Å². The maximum absolute atomic E-state index is 13.8. The topological polar surface area (TPSA) is 40.5 Å². The summed E-state index contributed by atoms with van der Waals surface area (Å²) < 4.78 is 13.8. The largest absolute Gasteiger partial charge is 0.478 e. The lowest BCUT2D eigenvalue weighted by Gasteiger charge is -2.16. The van der Waals surface area contributed by atoms with E-state index in [1.807, 2.05) is 7.05 Å². The summed E-state index contributed by atoms with van der Waals surface area (Å²) in [6, 6.07) is 4.80. The first-order valence-electron chi connectivity index (χ1n) is 6.41. The monoisotopic (exact) mass is 265 g/mol. The van der Waals surface area contributed by atoms with Gasteiger partial charge in [0.15, 0.2) is 0 Å². The number of benzene rings is 1. The van der Waals surface area contributed by atoms with Crippen LogP contribution in [-0.4, -0.2) is 29.6 Å². The van der Waals surface area contributed by atoms with Crippen molar-refractivity contribution in [3.8, 4) is 0 Å². The zero-order valence-corrected chi connectivity index (χ0v) is 11.4. The summed E-state index contributed by atoms with van der Waals surface area (Å²) in [4.78, 5) is 12.5. The van der Waals surface area contributed by atoms with Gasteiger partial charge in [-0.1, -0.05) is 25.5 Å². The number of carbonyl (C=O) groups is 1. The molecule has 0 atom stereocenters. The molecule has 0 spiro atoms. The minimum atomic E-state index is -1.04. The molecule has 4 heteroatoms. The van der Waals surface area contributed by atoms with Crippen LogP contribution in [0, 0.1) is 5.82 Å². The number of hydrogen-bond acceptors (Lipinski definition) is 2. The highest BCUT2D eigenvalue weighted by atomic mass is 19.1. The summed E-state index contributed by atoms with van der Waals surface area (Å²) >= 11 is 0. The van der Waals surface area contributed by atoms with E-state index in [9.17, 15) is 9.18 Å². The van der Waals surface area contributed by atoms with Crippen molar-refractivity contribution in [2.75, 3.05) is 13.6 Å². The van der Waals surface area contributed by atoms with E-state index in [1.165, 1.54) is 12.1 Å². The van der Waals surface area contributed by atoms with Gasteiger partial charge in [0.25, 0.3) is 0 Å². The number of hydrogen-bond donors (Lipinski definition) is 1. The van der Waals surface area contributed by atoms with Gasteiger partial charge in [-0.3, -0.25) is 0 Å². The van der Waals surface area contributed by atoms with Gasteiger partial charge in [-0.25, -0.2) is 9.18 Å². The Hall–Kier alpha value is -1.68. The van der Waals surface area contributed by atoms with Crippen LogP contribution in [0.3, 0.4) is 0 Å². The number of halogens is 1. The number of carboxylic acid groups (broad SMARTS) is 1. The Bertz CT molecular complexity index is 457. The van der Waals surface area contributed by atoms with E-state index in [0.717, 1.165) is 25.5 Å². The fraction of sp³-hybridized carbons (Fsp3) is 0.400. The number of nitrogens with zero attached hydrogens (tertiary/aromatic N) is 1.